The molecule has 90 valence electrons. The highest BCUT2D eigenvalue weighted by atomic mass is 35.5. The molecule has 0 amide bonds. The van der Waals surface area contributed by atoms with Gasteiger partial charge in [0.1, 0.15) is 17.3 Å². The highest BCUT2D eigenvalue weighted by Gasteiger charge is 2.33. The molecule has 17 heavy (non-hydrogen) atoms. The van der Waals surface area contributed by atoms with Crippen molar-refractivity contribution >= 4 is 11.6 Å². The lowest BCUT2D eigenvalue weighted by atomic mass is 10.4. The Balaban J connectivity index is 2.52. The van der Waals surface area contributed by atoms with Crippen molar-refractivity contribution < 1.29 is 13.2 Å². The van der Waals surface area contributed by atoms with Crippen LogP contribution in [0.5, 0.6) is 0 Å². The first-order valence-corrected chi connectivity index (χ1v) is 4.74. The van der Waals surface area contributed by atoms with Gasteiger partial charge in [-0.15, -0.1) is 5.10 Å². The molecule has 0 unspecified atom stereocenters. The lowest BCUT2D eigenvalue weighted by Gasteiger charge is -2.07. The van der Waals surface area contributed by atoms with Crippen molar-refractivity contribution in [2.45, 2.75) is 13.1 Å². The summed E-state index contributed by atoms with van der Waals surface area (Å²) in [5.74, 6) is 0.118. The van der Waals surface area contributed by atoms with E-state index in [0.717, 1.165) is 4.68 Å². The molecule has 2 aromatic heterocycles. The molecule has 0 aliphatic carbocycles. The largest absolute Gasteiger partial charge is 0.433 e. The summed E-state index contributed by atoms with van der Waals surface area (Å²) < 4.78 is 38.4. The molecule has 2 aromatic rings. The average molecular weight is 264 g/mol. The van der Waals surface area contributed by atoms with Crippen LogP contribution in [0.1, 0.15) is 11.5 Å². The number of alkyl halides is 3. The fraction of sp³-hybridized carbons (Fsp3) is 0.250. The van der Waals surface area contributed by atoms with Crippen molar-refractivity contribution in [3.63, 3.8) is 0 Å². The molecule has 0 radical (unpaired) electrons. The van der Waals surface area contributed by atoms with Gasteiger partial charge >= 0.3 is 6.18 Å². The zero-order valence-electron chi connectivity index (χ0n) is 8.40. The minimum absolute atomic E-state index is 0.273. The zero-order valence-corrected chi connectivity index (χ0v) is 9.16. The quantitative estimate of drug-likeness (QED) is 0.739. The Hall–Kier alpha value is -1.70. The molecule has 0 aromatic carbocycles. The van der Waals surface area contributed by atoms with Crippen LogP contribution in [0.25, 0.3) is 5.95 Å². The van der Waals surface area contributed by atoms with E-state index in [2.05, 4.69) is 20.1 Å². The highest BCUT2D eigenvalue weighted by molar-refractivity contribution is 6.29. The van der Waals surface area contributed by atoms with Crippen LogP contribution >= 0.6 is 11.6 Å². The molecular weight excluding hydrogens is 259 g/mol. The summed E-state index contributed by atoms with van der Waals surface area (Å²) in [7, 11) is 0. The SMILES string of the molecule is Cc1ncn(-c2nc(Cl)cc(C(F)(F)F)n2)n1. The van der Waals surface area contributed by atoms with Crippen LogP contribution in [0.15, 0.2) is 12.4 Å². The van der Waals surface area contributed by atoms with Gasteiger partial charge in [-0.2, -0.15) is 22.8 Å². The molecule has 2 rings (SSSR count). The van der Waals surface area contributed by atoms with Crippen LogP contribution < -0.4 is 0 Å². The van der Waals surface area contributed by atoms with Crippen LogP contribution in [0.3, 0.4) is 0 Å². The lowest BCUT2D eigenvalue weighted by Crippen LogP contribution is -2.12. The van der Waals surface area contributed by atoms with E-state index in [9.17, 15) is 13.2 Å². The summed E-state index contributed by atoms with van der Waals surface area (Å²) in [5, 5.41) is 3.49. The van der Waals surface area contributed by atoms with Crippen molar-refractivity contribution in [1.29, 1.82) is 0 Å². The predicted molar refractivity (Wildman–Crippen MR) is 51.7 cm³/mol. The third kappa shape index (κ3) is 2.52. The van der Waals surface area contributed by atoms with E-state index in [1.165, 1.54) is 6.33 Å². The first-order valence-electron chi connectivity index (χ1n) is 4.36. The van der Waals surface area contributed by atoms with Gasteiger partial charge in [0.15, 0.2) is 5.69 Å². The zero-order chi connectivity index (χ0) is 12.6. The Morgan fingerprint density at radius 3 is 2.53 bits per heavy atom. The fourth-order valence-electron chi connectivity index (χ4n) is 1.10. The van der Waals surface area contributed by atoms with Gasteiger partial charge in [-0.1, -0.05) is 11.6 Å². The minimum Gasteiger partial charge on any atom is -0.220 e. The Labute approximate surface area is 98.3 Å². The van der Waals surface area contributed by atoms with E-state index in [1.807, 2.05) is 0 Å². The summed E-state index contributed by atoms with van der Waals surface area (Å²) in [6.07, 6.45) is -3.38. The maximum absolute atomic E-state index is 12.5. The maximum atomic E-state index is 12.5. The number of halogens is 4. The molecule has 0 saturated heterocycles. The smallest absolute Gasteiger partial charge is 0.220 e. The van der Waals surface area contributed by atoms with Gasteiger partial charge in [-0.25, -0.2) is 9.97 Å². The number of rotatable bonds is 1. The van der Waals surface area contributed by atoms with Crippen LogP contribution in [-0.2, 0) is 6.18 Å². The van der Waals surface area contributed by atoms with E-state index < -0.39 is 11.9 Å². The summed E-state index contributed by atoms with van der Waals surface area (Å²) in [6, 6.07) is 0.648. The maximum Gasteiger partial charge on any atom is 0.433 e. The average Bonchev–Trinajstić information content (AvgIpc) is 2.62. The van der Waals surface area contributed by atoms with Gasteiger partial charge in [0.05, 0.1) is 0 Å². The lowest BCUT2D eigenvalue weighted by molar-refractivity contribution is -0.141. The van der Waals surface area contributed by atoms with Gasteiger partial charge in [-0.05, 0) is 6.92 Å². The third-order valence-corrected chi connectivity index (χ3v) is 1.98. The molecule has 0 atom stereocenters. The number of aryl methyl sites for hydroxylation is 1. The molecule has 9 heteroatoms. The van der Waals surface area contributed by atoms with Crippen LogP contribution in [0, 0.1) is 6.92 Å². The van der Waals surface area contributed by atoms with E-state index in [0.29, 0.717) is 11.9 Å². The van der Waals surface area contributed by atoms with Gasteiger partial charge in [0.2, 0.25) is 0 Å². The van der Waals surface area contributed by atoms with Gasteiger partial charge in [0, 0.05) is 6.07 Å². The number of hydrogen-bond donors (Lipinski definition) is 0. The Morgan fingerprint density at radius 2 is 2.00 bits per heavy atom. The van der Waals surface area contributed by atoms with Crippen LogP contribution in [-0.4, -0.2) is 24.7 Å². The number of aromatic nitrogens is 5. The standard InChI is InChI=1S/C8H5ClF3N5/c1-4-13-3-17(16-4)7-14-5(8(10,11)12)2-6(9)15-7/h2-3H,1H3. The van der Waals surface area contributed by atoms with Crippen molar-refractivity contribution in [2.24, 2.45) is 0 Å². The topological polar surface area (TPSA) is 56.5 Å². The van der Waals surface area contributed by atoms with Gasteiger partial charge in [0.25, 0.3) is 5.95 Å². The van der Waals surface area contributed by atoms with Crippen molar-refractivity contribution in [1.82, 2.24) is 24.7 Å². The van der Waals surface area contributed by atoms with Gasteiger partial charge in [-0.3, -0.25) is 0 Å². The van der Waals surface area contributed by atoms with E-state index in [-0.39, 0.29) is 11.1 Å². The first-order chi connectivity index (χ1) is 7.86. The van der Waals surface area contributed by atoms with Crippen LogP contribution in [0.4, 0.5) is 13.2 Å². The predicted octanol–water partition coefficient (Wildman–Crippen LogP) is 2.04. The van der Waals surface area contributed by atoms with E-state index >= 15 is 0 Å². The molecule has 0 spiro atoms. The molecule has 0 aliphatic heterocycles. The Kier molecular flexibility index (Phi) is 2.74. The normalized spacial score (nSPS) is 11.8. The molecule has 0 fully saturated rings. The first kappa shape index (κ1) is 11.8. The monoisotopic (exact) mass is 263 g/mol. The fourth-order valence-corrected chi connectivity index (χ4v) is 1.27. The summed E-state index contributed by atoms with van der Waals surface area (Å²) >= 11 is 5.50. The van der Waals surface area contributed by atoms with Crippen LogP contribution in [0.2, 0.25) is 5.15 Å². The molecular formula is C8H5ClF3N5. The van der Waals surface area contributed by atoms with E-state index in [4.69, 9.17) is 11.6 Å². The molecule has 2 heterocycles. The number of nitrogens with zero attached hydrogens (tertiary/aromatic N) is 5. The molecule has 5 nitrogen and oxygen atoms in total. The molecule has 0 saturated carbocycles. The molecule has 0 N–H and O–H groups in total. The second kappa shape index (κ2) is 3.95. The Bertz CT molecular complexity index is 550. The highest BCUT2D eigenvalue weighted by Crippen LogP contribution is 2.29. The molecule has 0 bridgehead atoms. The van der Waals surface area contributed by atoms with Crippen molar-refractivity contribution in [3.05, 3.63) is 29.1 Å². The molecule has 0 aliphatic rings. The van der Waals surface area contributed by atoms with Gasteiger partial charge < -0.3 is 0 Å². The summed E-state index contributed by atoms with van der Waals surface area (Å²) in [5.41, 5.74) is -1.12. The van der Waals surface area contributed by atoms with Crippen molar-refractivity contribution in [3.8, 4) is 5.95 Å². The second-order valence-corrected chi connectivity index (χ2v) is 3.50. The minimum atomic E-state index is -4.59. The van der Waals surface area contributed by atoms with Crippen molar-refractivity contribution in [2.75, 3.05) is 0 Å². The Morgan fingerprint density at radius 1 is 1.29 bits per heavy atom. The summed E-state index contributed by atoms with van der Waals surface area (Å²) in [6.45, 7) is 1.59. The summed E-state index contributed by atoms with van der Waals surface area (Å²) in [4.78, 5) is 10.7. The number of hydrogen-bond acceptors (Lipinski definition) is 4. The van der Waals surface area contributed by atoms with E-state index in [1.54, 1.807) is 6.92 Å². The second-order valence-electron chi connectivity index (χ2n) is 3.11. The third-order valence-electron chi connectivity index (χ3n) is 1.78.